The van der Waals surface area contributed by atoms with Crippen LogP contribution in [-0.2, 0) is 0 Å². The lowest BCUT2D eigenvalue weighted by Crippen LogP contribution is -2.31. The molecule has 0 aromatic rings. The zero-order valence-electron chi connectivity index (χ0n) is 7.69. The SMILES string of the molecule is CN1CCCC2=C3CNCC23C1. The highest BCUT2D eigenvalue weighted by atomic mass is 15.1. The molecular formula is C10H16N2. The summed E-state index contributed by atoms with van der Waals surface area (Å²) in [6, 6.07) is 0. The molecule has 1 atom stereocenters. The van der Waals surface area contributed by atoms with E-state index in [-0.39, 0.29) is 0 Å². The summed E-state index contributed by atoms with van der Waals surface area (Å²) in [5, 5.41) is 3.48. The van der Waals surface area contributed by atoms with Crippen LogP contribution in [0.1, 0.15) is 12.8 Å². The van der Waals surface area contributed by atoms with Crippen LogP contribution >= 0.6 is 0 Å². The van der Waals surface area contributed by atoms with Gasteiger partial charge < -0.3 is 10.2 Å². The van der Waals surface area contributed by atoms with Gasteiger partial charge in [0, 0.05) is 25.0 Å². The Morgan fingerprint density at radius 3 is 3.25 bits per heavy atom. The first-order chi connectivity index (χ1) is 5.83. The predicted octanol–water partition coefficient (Wildman–Crippen LogP) is 0.612. The third-order valence-electron chi connectivity index (χ3n) is 3.69. The van der Waals surface area contributed by atoms with Gasteiger partial charge in [-0.05, 0) is 32.0 Å². The van der Waals surface area contributed by atoms with Crippen molar-refractivity contribution >= 4 is 0 Å². The lowest BCUT2D eigenvalue weighted by molar-refractivity contribution is 0.292. The van der Waals surface area contributed by atoms with E-state index in [1.54, 1.807) is 5.57 Å². The van der Waals surface area contributed by atoms with Gasteiger partial charge in [0.05, 0.1) is 0 Å². The van der Waals surface area contributed by atoms with Crippen LogP contribution in [0.3, 0.4) is 0 Å². The van der Waals surface area contributed by atoms with Crippen molar-refractivity contribution in [2.75, 3.05) is 33.2 Å². The Morgan fingerprint density at radius 1 is 1.42 bits per heavy atom. The van der Waals surface area contributed by atoms with Crippen LogP contribution in [-0.4, -0.2) is 38.1 Å². The second-order valence-corrected chi connectivity index (χ2v) is 4.48. The minimum atomic E-state index is 0.561. The molecule has 0 aromatic carbocycles. The summed E-state index contributed by atoms with van der Waals surface area (Å²) in [7, 11) is 2.26. The van der Waals surface area contributed by atoms with Crippen molar-refractivity contribution in [1.29, 1.82) is 0 Å². The minimum absolute atomic E-state index is 0.561. The van der Waals surface area contributed by atoms with Crippen LogP contribution in [0.25, 0.3) is 0 Å². The van der Waals surface area contributed by atoms with Crippen molar-refractivity contribution in [3.05, 3.63) is 11.1 Å². The summed E-state index contributed by atoms with van der Waals surface area (Å²) >= 11 is 0. The Balaban J connectivity index is 1.89. The van der Waals surface area contributed by atoms with Gasteiger partial charge in [-0.2, -0.15) is 0 Å². The maximum Gasteiger partial charge on any atom is 0.0391 e. The molecule has 2 aliphatic heterocycles. The van der Waals surface area contributed by atoms with Crippen LogP contribution < -0.4 is 5.32 Å². The number of nitrogens with one attached hydrogen (secondary N) is 1. The Hall–Kier alpha value is -0.340. The van der Waals surface area contributed by atoms with E-state index in [4.69, 9.17) is 0 Å². The second-order valence-electron chi connectivity index (χ2n) is 4.48. The lowest BCUT2D eigenvalue weighted by atomic mass is 9.99. The van der Waals surface area contributed by atoms with Gasteiger partial charge in [-0.3, -0.25) is 0 Å². The van der Waals surface area contributed by atoms with E-state index in [0.717, 1.165) is 0 Å². The summed E-state index contributed by atoms with van der Waals surface area (Å²) in [5.74, 6) is 0. The Labute approximate surface area is 73.6 Å². The van der Waals surface area contributed by atoms with Crippen LogP contribution in [0.2, 0.25) is 0 Å². The standard InChI is InChI=1S/C10H16N2/c1-12-4-2-3-8-9-5-11-6-10(8,9)7-12/h11H,2-7H2,1H3. The average molecular weight is 164 g/mol. The van der Waals surface area contributed by atoms with E-state index in [1.165, 1.54) is 39.0 Å². The molecule has 1 unspecified atom stereocenters. The quantitative estimate of drug-likeness (QED) is 0.528. The van der Waals surface area contributed by atoms with E-state index in [2.05, 4.69) is 17.3 Å². The molecule has 2 heteroatoms. The topological polar surface area (TPSA) is 15.3 Å². The molecule has 3 aliphatic rings. The molecule has 2 fully saturated rings. The highest BCUT2D eigenvalue weighted by Gasteiger charge is 2.55. The molecule has 0 amide bonds. The molecule has 2 nitrogen and oxygen atoms in total. The van der Waals surface area contributed by atoms with E-state index < -0.39 is 0 Å². The monoisotopic (exact) mass is 164 g/mol. The number of likely N-dealkylation sites (tertiary alicyclic amines) is 1. The molecule has 1 spiro atoms. The maximum absolute atomic E-state index is 3.48. The number of rotatable bonds is 0. The zero-order valence-corrected chi connectivity index (χ0v) is 7.69. The van der Waals surface area contributed by atoms with Crippen molar-refractivity contribution in [1.82, 2.24) is 10.2 Å². The zero-order chi connectivity index (χ0) is 8.18. The third-order valence-corrected chi connectivity index (χ3v) is 3.69. The third kappa shape index (κ3) is 0.723. The first kappa shape index (κ1) is 7.10. The van der Waals surface area contributed by atoms with Crippen LogP contribution in [0.15, 0.2) is 11.1 Å². The Kier molecular flexibility index (Phi) is 1.25. The molecule has 0 aromatic heterocycles. The fourth-order valence-corrected chi connectivity index (χ4v) is 3.08. The van der Waals surface area contributed by atoms with Gasteiger partial charge in [0.15, 0.2) is 0 Å². The van der Waals surface area contributed by atoms with Gasteiger partial charge in [-0.1, -0.05) is 5.57 Å². The first-order valence-electron chi connectivity index (χ1n) is 4.95. The molecule has 1 aliphatic carbocycles. The first-order valence-corrected chi connectivity index (χ1v) is 4.95. The van der Waals surface area contributed by atoms with E-state index in [1.807, 2.05) is 5.57 Å². The summed E-state index contributed by atoms with van der Waals surface area (Å²) < 4.78 is 0. The summed E-state index contributed by atoms with van der Waals surface area (Å²) in [5.41, 5.74) is 4.13. The lowest BCUT2D eigenvalue weighted by Gasteiger charge is -2.20. The van der Waals surface area contributed by atoms with Gasteiger partial charge in [-0.15, -0.1) is 0 Å². The molecule has 0 saturated carbocycles. The normalized spacial score (nSPS) is 40.8. The van der Waals surface area contributed by atoms with E-state index in [0.29, 0.717) is 5.41 Å². The van der Waals surface area contributed by atoms with Crippen molar-refractivity contribution in [3.8, 4) is 0 Å². The van der Waals surface area contributed by atoms with Crippen molar-refractivity contribution in [2.45, 2.75) is 12.8 Å². The smallest absolute Gasteiger partial charge is 0.0391 e. The largest absolute Gasteiger partial charge is 0.312 e. The minimum Gasteiger partial charge on any atom is -0.312 e. The fourth-order valence-electron chi connectivity index (χ4n) is 3.08. The van der Waals surface area contributed by atoms with E-state index >= 15 is 0 Å². The maximum atomic E-state index is 3.48. The molecular weight excluding hydrogens is 148 g/mol. The van der Waals surface area contributed by atoms with Gasteiger partial charge >= 0.3 is 0 Å². The predicted molar refractivity (Wildman–Crippen MR) is 49.1 cm³/mol. The van der Waals surface area contributed by atoms with Crippen LogP contribution in [0, 0.1) is 5.41 Å². The Bertz CT molecular complexity index is 257. The van der Waals surface area contributed by atoms with Crippen LogP contribution in [0.4, 0.5) is 0 Å². The number of nitrogens with zero attached hydrogens (tertiary/aromatic N) is 1. The fraction of sp³-hybridized carbons (Fsp3) is 0.800. The molecule has 1 N–H and O–H groups in total. The van der Waals surface area contributed by atoms with Crippen molar-refractivity contribution in [3.63, 3.8) is 0 Å². The Morgan fingerprint density at radius 2 is 2.33 bits per heavy atom. The van der Waals surface area contributed by atoms with Crippen molar-refractivity contribution < 1.29 is 0 Å². The van der Waals surface area contributed by atoms with Gasteiger partial charge in [0.1, 0.15) is 0 Å². The number of hydrogen-bond acceptors (Lipinski definition) is 2. The molecule has 66 valence electrons. The summed E-state index contributed by atoms with van der Waals surface area (Å²) in [6.07, 6.45) is 2.75. The van der Waals surface area contributed by atoms with Gasteiger partial charge in [-0.25, -0.2) is 0 Å². The molecule has 12 heavy (non-hydrogen) atoms. The highest BCUT2D eigenvalue weighted by Crippen LogP contribution is 2.58. The molecule has 2 saturated heterocycles. The van der Waals surface area contributed by atoms with Gasteiger partial charge in [0.25, 0.3) is 0 Å². The highest BCUT2D eigenvalue weighted by molar-refractivity contribution is 5.54. The van der Waals surface area contributed by atoms with E-state index in [9.17, 15) is 0 Å². The average Bonchev–Trinajstić information content (AvgIpc) is 2.44. The summed E-state index contributed by atoms with van der Waals surface area (Å²) in [4.78, 5) is 2.49. The molecule has 0 bridgehead atoms. The molecule has 0 radical (unpaired) electrons. The molecule has 2 heterocycles. The van der Waals surface area contributed by atoms with Crippen LogP contribution in [0.5, 0.6) is 0 Å². The van der Waals surface area contributed by atoms with Gasteiger partial charge in [0.2, 0.25) is 0 Å². The summed E-state index contributed by atoms with van der Waals surface area (Å²) in [6.45, 7) is 4.98. The van der Waals surface area contributed by atoms with Crippen molar-refractivity contribution in [2.24, 2.45) is 5.41 Å². The second kappa shape index (κ2) is 2.12. The number of hydrogen-bond donors (Lipinski definition) is 1. The molecule has 3 rings (SSSR count).